The fourth-order valence-corrected chi connectivity index (χ4v) is 2.53. The lowest BCUT2D eigenvalue weighted by atomic mass is 9.95. The zero-order valence-corrected chi connectivity index (χ0v) is 15.8. The summed E-state index contributed by atoms with van der Waals surface area (Å²) in [5.41, 5.74) is 1.07. The van der Waals surface area contributed by atoms with Gasteiger partial charge in [0.05, 0.1) is 5.88 Å². The van der Waals surface area contributed by atoms with E-state index in [1.54, 1.807) is 18.2 Å². The topological polar surface area (TPSA) is 52.8 Å². The highest BCUT2D eigenvalue weighted by atomic mass is 35.5. The highest BCUT2D eigenvalue weighted by molar-refractivity contribution is 6.19. The van der Waals surface area contributed by atoms with Gasteiger partial charge in [-0.2, -0.15) is 5.26 Å². The Balaban J connectivity index is 2.33. The Morgan fingerprint density at radius 2 is 2.04 bits per heavy atom. The number of rotatable bonds is 4. The molecule has 1 aromatic heterocycles. The quantitative estimate of drug-likeness (QED) is 0.599. The number of benzene rings is 1. The molecule has 0 radical (unpaired) electrons. The van der Waals surface area contributed by atoms with Crippen molar-refractivity contribution in [2.45, 2.75) is 27.3 Å². The average molecular weight is 371 g/mol. The van der Waals surface area contributed by atoms with E-state index in [9.17, 15) is 4.39 Å². The van der Waals surface area contributed by atoms with E-state index in [0.717, 1.165) is 0 Å². The second kappa shape index (κ2) is 8.65. The summed E-state index contributed by atoms with van der Waals surface area (Å²) in [5.74, 6) is 6.08. The van der Waals surface area contributed by atoms with Crippen molar-refractivity contribution >= 4 is 17.4 Å². The Morgan fingerprint density at radius 1 is 1.27 bits per heavy atom. The van der Waals surface area contributed by atoms with Gasteiger partial charge in [-0.05, 0) is 23.6 Å². The summed E-state index contributed by atoms with van der Waals surface area (Å²) >= 11 is 5.54. The van der Waals surface area contributed by atoms with Crippen LogP contribution in [-0.4, -0.2) is 22.4 Å². The standard InChI is InChI=1S/C20H20ClFN4/c1-20(2,3)14-26(19-8-10-24-18(12-23)25-19)13-16-7-6-15(5-4-9-21)11-17(16)22/h6-8,10-11H,9,13-14H2,1-3H3. The largest absolute Gasteiger partial charge is 0.352 e. The van der Waals surface area contributed by atoms with Crippen LogP contribution in [0.3, 0.4) is 0 Å². The number of alkyl halides is 1. The highest BCUT2D eigenvalue weighted by Gasteiger charge is 2.20. The van der Waals surface area contributed by atoms with E-state index >= 15 is 0 Å². The fourth-order valence-electron chi connectivity index (χ4n) is 2.46. The monoisotopic (exact) mass is 370 g/mol. The molecule has 1 heterocycles. The SMILES string of the molecule is CC(C)(C)CN(Cc1ccc(C#CCCl)cc1F)c1ccnc(C#N)n1. The molecule has 1 aromatic carbocycles. The van der Waals surface area contributed by atoms with Crippen molar-refractivity contribution in [3.63, 3.8) is 0 Å². The molecule has 0 atom stereocenters. The van der Waals surface area contributed by atoms with Gasteiger partial charge in [0.1, 0.15) is 17.7 Å². The molecule has 0 saturated heterocycles. The summed E-state index contributed by atoms with van der Waals surface area (Å²) in [4.78, 5) is 10.1. The van der Waals surface area contributed by atoms with Gasteiger partial charge in [0, 0.05) is 30.4 Å². The van der Waals surface area contributed by atoms with E-state index in [1.807, 2.05) is 11.0 Å². The first kappa shape index (κ1) is 19.7. The van der Waals surface area contributed by atoms with Crippen LogP contribution in [0.25, 0.3) is 0 Å². The zero-order valence-electron chi connectivity index (χ0n) is 15.1. The minimum absolute atomic E-state index is 0.0417. The lowest BCUT2D eigenvalue weighted by Gasteiger charge is -2.31. The van der Waals surface area contributed by atoms with Crippen LogP contribution >= 0.6 is 11.6 Å². The van der Waals surface area contributed by atoms with Crippen molar-refractivity contribution in [1.29, 1.82) is 5.26 Å². The molecule has 0 spiro atoms. The molecule has 0 aliphatic heterocycles. The molecule has 0 unspecified atom stereocenters. The molecule has 0 amide bonds. The molecular weight excluding hydrogens is 351 g/mol. The van der Waals surface area contributed by atoms with E-state index in [-0.39, 0.29) is 22.9 Å². The Morgan fingerprint density at radius 3 is 2.65 bits per heavy atom. The number of halogens is 2. The predicted octanol–water partition coefficient (Wildman–Crippen LogP) is 4.13. The summed E-state index contributed by atoms with van der Waals surface area (Å²) in [6, 6.07) is 8.56. The summed E-state index contributed by atoms with van der Waals surface area (Å²) in [6.07, 6.45) is 1.54. The maximum Gasteiger partial charge on any atom is 0.234 e. The van der Waals surface area contributed by atoms with Crippen molar-refractivity contribution < 1.29 is 4.39 Å². The molecule has 0 bridgehead atoms. The third-order valence-corrected chi connectivity index (χ3v) is 3.58. The Hall–Kier alpha value is -2.63. The van der Waals surface area contributed by atoms with Gasteiger partial charge in [0.15, 0.2) is 0 Å². The number of hydrogen-bond acceptors (Lipinski definition) is 4. The number of hydrogen-bond donors (Lipinski definition) is 0. The second-order valence-corrected chi connectivity index (χ2v) is 7.28. The van der Waals surface area contributed by atoms with Crippen molar-refractivity contribution in [1.82, 2.24) is 9.97 Å². The molecule has 0 fully saturated rings. The van der Waals surface area contributed by atoms with Crippen LogP contribution in [0.4, 0.5) is 10.2 Å². The molecule has 2 aromatic rings. The molecule has 0 aliphatic carbocycles. The van der Waals surface area contributed by atoms with Gasteiger partial charge in [0.25, 0.3) is 0 Å². The summed E-state index contributed by atoms with van der Waals surface area (Å²) in [5, 5.41) is 9.04. The van der Waals surface area contributed by atoms with Gasteiger partial charge in [0.2, 0.25) is 5.82 Å². The minimum atomic E-state index is -0.333. The number of nitrogens with zero attached hydrogens (tertiary/aromatic N) is 4. The molecule has 26 heavy (non-hydrogen) atoms. The molecule has 0 aliphatic rings. The molecular formula is C20H20ClFN4. The van der Waals surface area contributed by atoms with Crippen molar-refractivity contribution in [2.24, 2.45) is 5.41 Å². The smallest absolute Gasteiger partial charge is 0.234 e. The van der Waals surface area contributed by atoms with Gasteiger partial charge in [-0.25, -0.2) is 14.4 Å². The van der Waals surface area contributed by atoms with Crippen LogP contribution in [0.15, 0.2) is 30.5 Å². The lowest BCUT2D eigenvalue weighted by Crippen LogP contribution is -2.33. The van der Waals surface area contributed by atoms with E-state index in [0.29, 0.717) is 30.0 Å². The normalized spacial score (nSPS) is 10.6. The maximum absolute atomic E-state index is 14.5. The first-order chi connectivity index (χ1) is 12.3. The van der Waals surface area contributed by atoms with Gasteiger partial charge in [-0.1, -0.05) is 38.7 Å². The first-order valence-electron chi connectivity index (χ1n) is 8.14. The van der Waals surface area contributed by atoms with Crippen LogP contribution in [0, 0.1) is 34.4 Å². The van der Waals surface area contributed by atoms with Crippen LogP contribution in [0.2, 0.25) is 0 Å². The van der Waals surface area contributed by atoms with E-state index in [4.69, 9.17) is 16.9 Å². The summed E-state index contributed by atoms with van der Waals surface area (Å²) < 4.78 is 14.5. The molecule has 6 heteroatoms. The predicted molar refractivity (Wildman–Crippen MR) is 101 cm³/mol. The first-order valence-corrected chi connectivity index (χ1v) is 8.67. The number of aromatic nitrogens is 2. The van der Waals surface area contributed by atoms with Crippen LogP contribution < -0.4 is 4.90 Å². The molecule has 0 saturated carbocycles. The van der Waals surface area contributed by atoms with Gasteiger partial charge in [-0.15, -0.1) is 11.6 Å². The molecule has 134 valence electrons. The molecule has 0 N–H and O–H groups in total. The number of anilines is 1. The van der Waals surface area contributed by atoms with Gasteiger partial charge in [-0.3, -0.25) is 0 Å². The van der Waals surface area contributed by atoms with Crippen LogP contribution in [0.1, 0.15) is 37.7 Å². The minimum Gasteiger partial charge on any atom is -0.352 e. The maximum atomic E-state index is 14.5. The van der Waals surface area contributed by atoms with Crippen molar-refractivity contribution in [3.05, 3.63) is 53.2 Å². The highest BCUT2D eigenvalue weighted by Crippen LogP contribution is 2.23. The van der Waals surface area contributed by atoms with E-state index in [2.05, 4.69) is 42.6 Å². The Kier molecular flexibility index (Phi) is 6.55. The third-order valence-electron chi connectivity index (χ3n) is 3.44. The van der Waals surface area contributed by atoms with E-state index < -0.39 is 0 Å². The summed E-state index contributed by atoms with van der Waals surface area (Å²) in [7, 11) is 0. The Bertz CT molecular complexity index is 872. The van der Waals surface area contributed by atoms with Crippen LogP contribution in [-0.2, 0) is 6.54 Å². The average Bonchev–Trinajstić information content (AvgIpc) is 2.60. The number of nitriles is 1. The third kappa shape index (κ3) is 5.72. The zero-order chi connectivity index (χ0) is 19.2. The van der Waals surface area contributed by atoms with Crippen LogP contribution in [0.5, 0.6) is 0 Å². The molecule has 4 nitrogen and oxygen atoms in total. The lowest BCUT2D eigenvalue weighted by molar-refractivity contribution is 0.406. The fraction of sp³-hybridized carbons (Fsp3) is 0.350. The van der Waals surface area contributed by atoms with E-state index in [1.165, 1.54) is 12.3 Å². The van der Waals surface area contributed by atoms with Gasteiger partial charge >= 0.3 is 0 Å². The van der Waals surface area contributed by atoms with Crippen molar-refractivity contribution in [3.8, 4) is 17.9 Å². The Labute approximate surface area is 158 Å². The summed E-state index contributed by atoms with van der Waals surface area (Å²) in [6.45, 7) is 7.24. The van der Waals surface area contributed by atoms with Crippen molar-refractivity contribution in [2.75, 3.05) is 17.3 Å². The second-order valence-electron chi connectivity index (χ2n) is 7.01. The van der Waals surface area contributed by atoms with Gasteiger partial charge < -0.3 is 4.90 Å². The molecule has 2 rings (SSSR count).